The van der Waals surface area contributed by atoms with Gasteiger partial charge in [-0.2, -0.15) is 0 Å². The Kier molecular flexibility index (Phi) is 6.93. The average Bonchev–Trinajstić information content (AvgIpc) is 3.73. The first-order chi connectivity index (χ1) is 18.9. The van der Waals surface area contributed by atoms with Crippen molar-refractivity contribution in [3.63, 3.8) is 0 Å². The van der Waals surface area contributed by atoms with E-state index >= 15 is 0 Å². The highest BCUT2D eigenvalue weighted by Gasteiger charge is 2.48. The summed E-state index contributed by atoms with van der Waals surface area (Å²) in [7, 11) is 1.47. The van der Waals surface area contributed by atoms with Crippen molar-refractivity contribution in [3.8, 4) is 22.8 Å². The maximum absolute atomic E-state index is 13.7. The van der Waals surface area contributed by atoms with E-state index in [2.05, 4.69) is 5.32 Å². The highest BCUT2D eigenvalue weighted by Crippen LogP contribution is 2.49. The molecule has 1 saturated carbocycles. The summed E-state index contributed by atoms with van der Waals surface area (Å²) in [6, 6.07) is 10.8. The van der Waals surface area contributed by atoms with Crippen LogP contribution in [0.15, 0.2) is 48.2 Å². The Bertz CT molecular complexity index is 1500. The number of aliphatic hydroxyl groups is 1. The second kappa shape index (κ2) is 10.1. The lowest BCUT2D eigenvalue weighted by molar-refractivity contribution is 0.00947. The third-order valence-electron chi connectivity index (χ3n) is 7.48. The number of halogens is 1. The molecule has 1 aliphatic carbocycles. The molecule has 40 heavy (non-hydrogen) atoms. The summed E-state index contributed by atoms with van der Waals surface area (Å²) in [6.45, 7) is 3.70. The van der Waals surface area contributed by atoms with Crippen molar-refractivity contribution in [2.45, 2.75) is 37.8 Å². The van der Waals surface area contributed by atoms with Crippen molar-refractivity contribution in [2.24, 2.45) is 17.4 Å². The van der Waals surface area contributed by atoms with Gasteiger partial charge < -0.3 is 37.1 Å². The molecule has 1 aromatic heterocycles. The minimum atomic E-state index is -1.48. The van der Waals surface area contributed by atoms with Crippen LogP contribution in [-0.4, -0.2) is 36.3 Å². The van der Waals surface area contributed by atoms with E-state index in [1.165, 1.54) is 19.2 Å². The topological polar surface area (TPSA) is 159 Å². The standard InChI is InChI=1S/C30H34FN5O4/c1-16(32)10-18-11-19(12-23(39-3)25(18)33)28(37)35-14-30(38,20-6-7-20)24-13-22-27(40-15-29(22,2)34)26(36-24)17-4-8-21(31)9-5-17/h4-5,8-13,20,38H,6-7,14-15,32-34H2,1-3H3,(H,35,37)/b16-10-/t29-,30+/m0/s1. The summed E-state index contributed by atoms with van der Waals surface area (Å²) in [6.07, 6.45) is 3.20. The van der Waals surface area contributed by atoms with Crippen LogP contribution in [0.5, 0.6) is 11.5 Å². The molecule has 1 aliphatic heterocycles. The van der Waals surface area contributed by atoms with E-state index in [4.69, 9.17) is 31.7 Å². The van der Waals surface area contributed by atoms with Crippen molar-refractivity contribution < 1.29 is 23.8 Å². The number of benzene rings is 2. The number of methoxy groups -OCH3 is 1. The van der Waals surface area contributed by atoms with E-state index in [1.54, 1.807) is 43.3 Å². The third-order valence-corrected chi connectivity index (χ3v) is 7.48. The molecule has 9 nitrogen and oxygen atoms in total. The van der Waals surface area contributed by atoms with Crippen LogP contribution in [0.4, 0.5) is 10.1 Å². The third kappa shape index (κ3) is 5.07. The number of nitrogens with one attached hydrogen (secondary N) is 1. The predicted molar refractivity (Wildman–Crippen MR) is 151 cm³/mol. The van der Waals surface area contributed by atoms with E-state index in [1.807, 2.05) is 6.92 Å². The molecule has 2 heterocycles. The molecule has 0 unspecified atom stereocenters. The lowest BCUT2D eigenvalue weighted by Gasteiger charge is -2.30. The quantitative estimate of drug-likeness (QED) is 0.268. The fourth-order valence-corrected chi connectivity index (χ4v) is 5.06. The van der Waals surface area contributed by atoms with Gasteiger partial charge in [0.2, 0.25) is 0 Å². The molecule has 5 rings (SSSR count). The van der Waals surface area contributed by atoms with Crippen LogP contribution < -0.4 is 32.0 Å². The molecule has 0 radical (unpaired) electrons. The summed E-state index contributed by atoms with van der Waals surface area (Å²) in [5, 5.41) is 14.9. The van der Waals surface area contributed by atoms with Gasteiger partial charge in [0.25, 0.3) is 5.91 Å². The zero-order valence-corrected chi connectivity index (χ0v) is 22.8. The van der Waals surface area contributed by atoms with Gasteiger partial charge >= 0.3 is 0 Å². The van der Waals surface area contributed by atoms with Gasteiger partial charge in [0.05, 0.1) is 30.6 Å². The summed E-state index contributed by atoms with van der Waals surface area (Å²) in [4.78, 5) is 18.1. The monoisotopic (exact) mass is 547 g/mol. The molecule has 1 amide bonds. The SMILES string of the molecule is COc1cc(C(=O)NC[C@](O)(c2cc3c(c(-c4ccc(F)cc4)n2)OC[C@]3(C)N)C2CC2)cc(/C=C(/C)N)c1N. The summed E-state index contributed by atoms with van der Waals surface area (Å²) in [5.41, 5.74) is 20.1. The van der Waals surface area contributed by atoms with Crippen LogP contribution in [0.2, 0.25) is 0 Å². The first kappa shape index (κ1) is 27.4. The number of amides is 1. The predicted octanol–water partition coefficient (Wildman–Crippen LogP) is 3.39. The molecule has 8 N–H and O–H groups in total. The van der Waals surface area contributed by atoms with Crippen LogP contribution in [0.3, 0.4) is 0 Å². The molecular formula is C30H34FN5O4. The molecule has 0 saturated heterocycles. The van der Waals surface area contributed by atoms with Crippen LogP contribution >= 0.6 is 0 Å². The summed E-state index contributed by atoms with van der Waals surface area (Å²) >= 11 is 0. The number of rotatable bonds is 8. The minimum Gasteiger partial charge on any atom is -0.495 e. The Labute approximate surface area is 232 Å². The van der Waals surface area contributed by atoms with Gasteiger partial charge in [-0.05, 0) is 81.1 Å². The molecule has 0 spiro atoms. The number of fused-ring (bicyclic) bond motifs is 1. The van der Waals surface area contributed by atoms with E-state index in [-0.39, 0.29) is 24.9 Å². The van der Waals surface area contributed by atoms with Gasteiger partial charge in [0.1, 0.15) is 29.5 Å². The number of hydrogen-bond donors (Lipinski definition) is 5. The van der Waals surface area contributed by atoms with Gasteiger partial charge in [-0.3, -0.25) is 4.79 Å². The number of aromatic nitrogens is 1. The highest BCUT2D eigenvalue weighted by molar-refractivity contribution is 5.96. The molecule has 0 bridgehead atoms. The number of ether oxygens (including phenoxy) is 2. The normalized spacial score (nSPS) is 19.9. The molecule has 10 heteroatoms. The molecule has 2 aromatic carbocycles. The van der Waals surface area contributed by atoms with Gasteiger partial charge in [0, 0.05) is 28.0 Å². The fraction of sp³-hybridized carbons (Fsp3) is 0.333. The number of carbonyl (C=O) groups is 1. The highest BCUT2D eigenvalue weighted by atomic mass is 19.1. The Hall–Kier alpha value is -4.15. The number of hydrogen-bond acceptors (Lipinski definition) is 8. The van der Waals surface area contributed by atoms with Gasteiger partial charge in [-0.1, -0.05) is 0 Å². The molecule has 1 fully saturated rings. The molecular weight excluding hydrogens is 513 g/mol. The number of allylic oxidation sites excluding steroid dienone is 1. The smallest absolute Gasteiger partial charge is 0.251 e. The number of carbonyl (C=O) groups excluding carboxylic acids is 1. The second-order valence-electron chi connectivity index (χ2n) is 10.9. The van der Waals surface area contributed by atoms with Crippen molar-refractivity contribution in [3.05, 3.63) is 76.4 Å². The van der Waals surface area contributed by atoms with E-state index < -0.39 is 17.0 Å². The Balaban J connectivity index is 1.51. The first-order valence-corrected chi connectivity index (χ1v) is 13.1. The van der Waals surface area contributed by atoms with Gasteiger partial charge in [-0.25, -0.2) is 9.37 Å². The molecule has 2 aliphatic rings. The molecule has 210 valence electrons. The Morgan fingerprint density at radius 2 is 2.00 bits per heavy atom. The number of nitrogen functional groups attached to an aromatic ring is 1. The minimum absolute atomic E-state index is 0.0962. The van der Waals surface area contributed by atoms with Crippen LogP contribution in [0.25, 0.3) is 17.3 Å². The zero-order valence-electron chi connectivity index (χ0n) is 22.8. The van der Waals surface area contributed by atoms with Gasteiger partial charge in [0.15, 0.2) is 5.75 Å². The van der Waals surface area contributed by atoms with E-state index in [0.717, 1.165) is 12.8 Å². The number of nitrogens with zero attached hydrogens (tertiary/aromatic N) is 1. The zero-order chi connectivity index (χ0) is 28.8. The summed E-state index contributed by atoms with van der Waals surface area (Å²) < 4.78 is 25.0. The average molecular weight is 548 g/mol. The molecule has 2 atom stereocenters. The maximum Gasteiger partial charge on any atom is 0.251 e. The van der Waals surface area contributed by atoms with E-state index in [0.29, 0.717) is 56.5 Å². The number of anilines is 1. The molecule has 3 aromatic rings. The maximum atomic E-state index is 13.7. The van der Waals surface area contributed by atoms with Crippen molar-refractivity contribution in [1.29, 1.82) is 0 Å². The fourth-order valence-electron chi connectivity index (χ4n) is 5.06. The van der Waals surface area contributed by atoms with Crippen LogP contribution in [0, 0.1) is 11.7 Å². The Morgan fingerprint density at radius 1 is 1.30 bits per heavy atom. The van der Waals surface area contributed by atoms with E-state index in [9.17, 15) is 14.3 Å². The second-order valence-corrected chi connectivity index (χ2v) is 10.9. The first-order valence-electron chi connectivity index (χ1n) is 13.1. The van der Waals surface area contributed by atoms with Gasteiger partial charge in [-0.15, -0.1) is 0 Å². The lowest BCUT2D eigenvalue weighted by atomic mass is 9.87. The van der Waals surface area contributed by atoms with Crippen molar-refractivity contribution >= 4 is 17.7 Å². The van der Waals surface area contributed by atoms with Crippen LogP contribution in [-0.2, 0) is 11.1 Å². The number of pyridine rings is 1. The largest absolute Gasteiger partial charge is 0.495 e. The van der Waals surface area contributed by atoms with Crippen molar-refractivity contribution in [2.75, 3.05) is 26.0 Å². The number of nitrogens with two attached hydrogens (primary N) is 3. The lowest BCUT2D eigenvalue weighted by Crippen LogP contribution is -2.43. The van der Waals surface area contributed by atoms with Crippen molar-refractivity contribution in [1.82, 2.24) is 10.3 Å². The van der Waals surface area contributed by atoms with Crippen LogP contribution in [0.1, 0.15) is 53.9 Å². The summed E-state index contributed by atoms with van der Waals surface area (Å²) in [5.74, 6) is -0.0759. The Morgan fingerprint density at radius 3 is 2.62 bits per heavy atom.